The molecule has 2 aromatic rings. The summed E-state index contributed by atoms with van der Waals surface area (Å²) in [6.07, 6.45) is 0. The number of para-hydroxylation sites is 2. The van der Waals surface area contributed by atoms with Crippen LogP contribution in [0.1, 0.15) is 10.4 Å². The maximum absolute atomic E-state index is 11.6. The Kier molecular flexibility index (Phi) is 4.95. The number of benzene rings is 2. The highest BCUT2D eigenvalue weighted by molar-refractivity contribution is 6.68. The van der Waals surface area contributed by atoms with Gasteiger partial charge in [0.05, 0.1) is 34.3 Å². The second kappa shape index (κ2) is 6.92. The number of hydrogen-bond acceptors (Lipinski definition) is 7. The molecule has 0 atom stereocenters. The van der Waals surface area contributed by atoms with E-state index in [1.807, 2.05) is 0 Å². The van der Waals surface area contributed by atoms with Crippen molar-refractivity contribution in [1.29, 1.82) is 0 Å². The molecule has 0 aliphatic rings. The molecule has 0 aliphatic carbocycles. The summed E-state index contributed by atoms with van der Waals surface area (Å²) in [4.78, 5) is 32.1. The normalized spacial score (nSPS) is 10.1. The fourth-order valence-corrected chi connectivity index (χ4v) is 2.18. The lowest BCUT2D eigenvalue weighted by atomic mass is 10.1. The van der Waals surface area contributed by atoms with Crippen LogP contribution in [0, 0.1) is 20.2 Å². The fourth-order valence-electron chi connectivity index (χ4n) is 2.03. The number of halogens is 1. The highest BCUT2D eigenvalue weighted by Crippen LogP contribution is 2.38. The predicted octanol–water partition coefficient (Wildman–Crippen LogP) is 3.63. The first-order chi connectivity index (χ1) is 11.3. The third-order valence-corrected chi connectivity index (χ3v) is 3.29. The van der Waals surface area contributed by atoms with Crippen molar-refractivity contribution in [2.45, 2.75) is 0 Å². The summed E-state index contributed by atoms with van der Waals surface area (Å²) < 4.78 is 5.12. The minimum Gasteiger partial charge on any atom is -0.495 e. The lowest BCUT2D eigenvalue weighted by molar-refractivity contribution is -0.393. The van der Waals surface area contributed by atoms with Gasteiger partial charge in [-0.1, -0.05) is 12.1 Å². The summed E-state index contributed by atoms with van der Waals surface area (Å²) in [7, 11) is 1.40. The zero-order valence-corrected chi connectivity index (χ0v) is 12.9. The second-order valence-corrected chi connectivity index (χ2v) is 4.84. The van der Waals surface area contributed by atoms with Gasteiger partial charge in [0, 0.05) is 6.07 Å². The summed E-state index contributed by atoms with van der Waals surface area (Å²) in [6, 6.07) is 8.11. The van der Waals surface area contributed by atoms with Crippen LogP contribution in [0.25, 0.3) is 0 Å². The molecule has 2 aromatic carbocycles. The molecule has 0 amide bonds. The van der Waals surface area contributed by atoms with Crippen LogP contribution in [0.4, 0.5) is 22.7 Å². The maximum atomic E-state index is 11.6. The van der Waals surface area contributed by atoms with Gasteiger partial charge >= 0.3 is 0 Å². The molecular weight excluding hydrogens is 342 g/mol. The van der Waals surface area contributed by atoms with Gasteiger partial charge in [0.25, 0.3) is 16.6 Å². The minimum absolute atomic E-state index is 0.255. The summed E-state index contributed by atoms with van der Waals surface area (Å²) in [6.45, 7) is 0. The number of hydrogen-bond donors (Lipinski definition) is 1. The van der Waals surface area contributed by atoms with Crippen molar-refractivity contribution in [3.05, 3.63) is 62.2 Å². The molecule has 2 rings (SSSR count). The highest BCUT2D eigenvalue weighted by atomic mass is 35.5. The molecule has 0 saturated carbocycles. The van der Waals surface area contributed by atoms with Crippen LogP contribution in [0.15, 0.2) is 36.4 Å². The fraction of sp³-hybridized carbons (Fsp3) is 0.0714. The molecule has 10 heteroatoms. The molecule has 0 fully saturated rings. The number of non-ortho nitro benzene ring substituents is 1. The molecule has 1 N–H and O–H groups in total. The van der Waals surface area contributed by atoms with Crippen molar-refractivity contribution < 1.29 is 19.4 Å². The second-order valence-electron chi connectivity index (χ2n) is 4.50. The Hall–Kier alpha value is -3.20. The Labute approximate surface area is 140 Å². The number of carbonyl (C=O) groups excluding carboxylic acids is 1. The van der Waals surface area contributed by atoms with Crippen molar-refractivity contribution in [2.24, 2.45) is 0 Å². The summed E-state index contributed by atoms with van der Waals surface area (Å²) in [5, 5.41) is 23.8. The zero-order chi connectivity index (χ0) is 17.9. The summed E-state index contributed by atoms with van der Waals surface area (Å²) in [5.41, 5.74) is -1.58. The Morgan fingerprint density at radius 2 is 1.83 bits per heavy atom. The summed E-state index contributed by atoms with van der Waals surface area (Å²) in [5.74, 6) is 0.359. The van der Waals surface area contributed by atoms with Gasteiger partial charge in [0.15, 0.2) is 0 Å². The molecule has 0 spiro atoms. The number of nitrogens with one attached hydrogen (secondary N) is 1. The van der Waals surface area contributed by atoms with E-state index in [1.165, 1.54) is 7.11 Å². The third kappa shape index (κ3) is 3.41. The first-order valence-corrected chi connectivity index (χ1v) is 6.79. The Balaban J connectivity index is 2.69. The largest absolute Gasteiger partial charge is 0.495 e. The molecule has 0 aliphatic heterocycles. The van der Waals surface area contributed by atoms with Gasteiger partial charge in [0.2, 0.25) is 0 Å². The number of nitro groups is 2. The van der Waals surface area contributed by atoms with Gasteiger partial charge in [-0.2, -0.15) is 0 Å². The highest BCUT2D eigenvalue weighted by Gasteiger charge is 2.27. The summed E-state index contributed by atoms with van der Waals surface area (Å²) >= 11 is 5.45. The molecule has 0 aromatic heterocycles. The van der Waals surface area contributed by atoms with E-state index in [0.717, 1.165) is 12.1 Å². The van der Waals surface area contributed by atoms with Crippen molar-refractivity contribution in [1.82, 2.24) is 0 Å². The van der Waals surface area contributed by atoms with Crippen LogP contribution in [0.2, 0.25) is 0 Å². The van der Waals surface area contributed by atoms with Crippen molar-refractivity contribution >= 4 is 39.6 Å². The third-order valence-electron chi connectivity index (χ3n) is 3.09. The van der Waals surface area contributed by atoms with Gasteiger partial charge in [-0.3, -0.25) is 25.0 Å². The van der Waals surface area contributed by atoms with Crippen LogP contribution in [0.3, 0.4) is 0 Å². The average Bonchev–Trinajstić information content (AvgIpc) is 2.54. The first kappa shape index (κ1) is 17.2. The quantitative estimate of drug-likeness (QED) is 0.478. The lowest BCUT2D eigenvalue weighted by Crippen LogP contribution is -2.06. The first-order valence-electron chi connectivity index (χ1n) is 6.42. The van der Waals surface area contributed by atoms with Crippen LogP contribution >= 0.6 is 11.6 Å². The van der Waals surface area contributed by atoms with Gasteiger partial charge in [-0.15, -0.1) is 0 Å². The maximum Gasteiger partial charge on any atom is 0.300 e. The van der Waals surface area contributed by atoms with Gasteiger partial charge < -0.3 is 10.1 Å². The molecule has 0 unspecified atom stereocenters. The van der Waals surface area contributed by atoms with Crippen molar-refractivity contribution in [3.8, 4) is 5.75 Å². The van der Waals surface area contributed by atoms with E-state index >= 15 is 0 Å². The van der Waals surface area contributed by atoms with Crippen molar-refractivity contribution in [2.75, 3.05) is 12.4 Å². The van der Waals surface area contributed by atoms with Crippen LogP contribution < -0.4 is 10.1 Å². The monoisotopic (exact) mass is 351 g/mol. The topological polar surface area (TPSA) is 125 Å². The standard InChI is InChI=1S/C14H10ClN3O6/c1-24-12-5-3-2-4-10(12)16-13-9(14(15)19)6-8(17(20)21)7-11(13)18(22)23/h2-7,16H,1H3. The number of carbonyl (C=O) groups is 1. The average molecular weight is 352 g/mol. The van der Waals surface area contributed by atoms with E-state index in [0.29, 0.717) is 11.4 Å². The van der Waals surface area contributed by atoms with E-state index in [9.17, 15) is 25.0 Å². The number of nitrogens with zero attached hydrogens (tertiary/aromatic N) is 2. The van der Waals surface area contributed by atoms with Gasteiger partial charge in [-0.25, -0.2) is 0 Å². The molecular formula is C14H10ClN3O6. The number of methoxy groups -OCH3 is 1. The van der Waals surface area contributed by atoms with Crippen LogP contribution in [-0.2, 0) is 0 Å². The molecule has 9 nitrogen and oxygen atoms in total. The van der Waals surface area contributed by atoms with Gasteiger partial charge in [-0.05, 0) is 23.7 Å². The van der Waals surface area contributed by atoms with E-state index < -0.39 is 26.5 Å². The number of nitro benzene ring substituents is 2. The predicted molar refractivity (Wildman–Crippen MR) is 86.2 cm³/mol. The Morgan fingerprint density at radius 1 is 1.17 bits per heavy atom. The Morgan fingerprint density at radius 3 is 2.38 bits per heavy atom. The van der Waals surface area contributed by atoms with E-state index in [1.54, 1.807) is 24.3 Å². The Bertz CT molecular complexity index is 804. The number of rotatable bonds is 6. The van der Waals surface area contributed by atoms with Crippen molar-refractivity contribution in [3.63, 3.8) is 0 Å². The van der Waals surface area contributed by atoms with Crippen LogP contribution in [-0.4, -0.2) is 22.2 Å². The van der Waals surface area contributed by atoms with E-state index in [2.05, 4.69) is 5.32 Å². The molecule has 0 saturated heterocycles. The van der Waals surface area contributed by atoms with Gasteiger partial charge in [0.1, 0.15) is 11.4 Å². The number of ether oxygens (including phenoxy) is 1. The molecule has 0 radical (unpaired) electrons. The molecule has 24 heavy (non-hydrogen) atoms. The van der Waals surface area contributed by atoms with E-state index in [4.69, 9.17) is 16.3 Å². The molecule has 124 valence electrons. The molecule has 0 bridgehead atoms. The van der Waals surface area contributed by atoms with Crippen LogP contribution in [0.5, 0.6) is 5.75 Å². The van der Waals surface area contributed by atoms with E-state index in [-0.39, 0.29) is 11.3 Å². The number of anilines is 2. The molecule has 0 heterocycles. The lowest BCUT2D eigenvalue weighted by Gasteiger charge is -2.13. The smallest absolute Gasteiger partial charge is 0.300 e. The zero-order valence-electron chi connectivity index (χ0n) is 12.2. The minimum atomic E-state index is -1.07. The SMILES string of the molecule is COc1ccccc1Nc1c(C(=O)Cl)cc([N+](=O)[O-])cc1[N+](=O)[O-].